The highest BCUT2D eigenvalue weighted by atomic mass is 19.4. The van der Waals surface area contributed by atoms with Crippen molar-refractivity contribution in [1.29, 1.82) is 0 Å². The molecule has 10 heteroatoms. The third kappa shape index (κ3) is 4.58. The smallest absolute Gasteiger partial charge is 0.422 e. The van der Waals surface area contributed by atoms with Crippen LogP contribution in [-0.2, 0) is 9.53 Å². The number of carbonyl (C=O) groups is 2. The molecule has 1 aromatic carbocycles. The minimum absolute atomic E-state index is 0.0426. The summed E-state index contributed by atoms with van der Waals surface area (Å²) in [5.41, 5.74) is 0.958. The minimum Gasteiger partial charge on any atom is -0.484 e. The number of alkyl halides is 3. The van der Waals surface area contributed by atoms with Crippen LogP contribution in [0.4, 0.5) is 18.0 Å². The van der Waals surface area contributed by atoms with Gasteiger partial charge in [0.05, 0.1) is 12.1 Å². The van der Waals surface area contributed by atoms with Crippen LogP contribution in [0.1, 0.15) is 17.9 Å². The van der Waals surface area contributed by atoms with Crippen LogP contribution in [0, 0.1) is 0 Å². The number of nitrogens with one attached hydrogen (secondary N) is 1. The van der Waals surface area contributed by atoms with Crippen LogP contribution in [0.25, 0.3) is 0 Å². The van der Waals surface area contributed by atoms with Crippen molar-refractivity contribution in [2.75, 3.05) is 39.4 Å². The quantitative estimate of drug-likeness (QED) is 0.820. The highest BCUT2D eigenvalue weighted by Crippen LogP contribution is 2.30. The van der Waals surface area contributed by atoms with E-state index in [1.807, 2.05) is 0 Å². The largest absolute Gasteiger partial charge is 0.484 e. The van der Waals surface area contributed by atoms with E-state index in [0.717, 1.165) is 5.56 Å². The molecule has 4 rings (SSSR count). The number of hydrogen-bond acceptors (Lipinski definition) is 4. The second-order valence-electron chi connectivity index (χ2n) is 7.62. The lowest BCUT2D eigenvalue weighted by Gasteiger charge is -2.46. The Morgan fingerprint density at radius 1 is 1.17 bits per heavy atom. The Morgan fingerprint density at radius 3 is 2.59 bits per heavy atom. The summed E-state index contributed by atoms with van der Waals surface area (Å²) in [7, 11) is 0. The minimum atomic E-state index is -4.37. The first-order valence-electron chi connectivity index (χ1n) is 9.53. The molecule has 0 radical (unpaired) electrons. The summed E-state index contributed by atoms with van der Waals surface area (Å²) in [6.45, 7) is 0.873. The molecule has 7 nitrogen and oxygen atoms in total. The molecular weight excluding hydrogens is 391 g/mol. The number of urea groups is 1. The van der Waals surface area contributed by atoms with Crippen molar-refractivity contribution >= 4 is 11.9 Å². The number of ether oxygens (including phenoxy) is 2. The topological polar surface area (TPSA) is 71.1 Å². The lowest BCUT2D eigenvalue weighted by Crippen LogP contribution is -2.63. The molecule has 3 heterocycles. The van der Waals surface area contributed by atoms with Crippen LogP contribution in [0.15, 0.2) is 24.3 Å². The zero-order valence-electron chi connectivity index (χ0n) is 15.7. The Kier molecular flexibility index (Phi) is 5.28. The first-order chi connectivity index (χ1) is 13.8. The third-order valence-electron chi connectivity index (χ3n) is 5.50. The van der Waals surface area contributed by atoms with Crippen LogP contribution >= 0.6 is 0 Å². The molecule has 29 heavy (non-hydrogen) atoms. The Morgan fingerprint density at radius 2 is 1.90 bits per heavy atom. The molecule has 3 fully saturated rings. The van der Waals surface area contributed by atoms with Crippen LogP contribution in [-0.4, -0.2) is 79.5 Å². The SMILES string of the molecule is O=C1COC2CCN(C(=O)N3CC(c4ccc(OCC(F)(F)F)cc4)C3)C[C@H]2N1. The van der Waals surface area contributed by atoms with Gasteiger partial charge in [-0.2, -0.15) is 13.2 Å². The van der Waals surface area contributed by atoms with Gasteiger partial charge in [0.2, 0.25) is 5.91 Å². The van der Waals surface area contributed by atoms with E-state index in [-0.39, 0.29) is 42.4 Å². The highest BCUT2D eigenvalue weighted by Gasteiger charge is 2.40. The Labute approximate surface area is 165 Å². The number of morpholine rings is 1. The van der Waals surface area contributed by atoms with E-state index in [1.54, 1.807) is 21.9 Å². The monoisotopic (exact) mass is 413 g/mol. The number of rotatable bonds is 3. The number of hydrogen-bond donors (Lipinski definition) is 1. The van der Waals surface area contributed by atoms with Gasteiger partial charge < -0.3 is 24.6 Å². The third-order valence-corrected chi connectivity index (χ3v) is 5.50. The molecular formula is C19H22F3N3O4. The number of carbonyl (C=O) groups excluding carboxylic acids is 2. The zero-order valence-corrected chi connectivity index (χ0v) is 15.7. The summed E-state index contributed by atoms with van der Waals surface area (Å²) >= 11 is 0. The van der Waals surface area contributed by atoms with Gasteiger partial charge in [-0.25, -0.2) is 4.79 Å². The van der Waals surface area contributed by atoms with Crippen LogP contribution < -0.4 is 10.1 Å². The van der Waals surface area contributed by atoms with Crippen LogP contribution in [0.5, 0.6) is 5.75 Å². The van der Waals surface area contributed by atoms with Gasteiger partial charge in [-0.15, -0.1) is 0 Å². The van der Waals surface area contributed by atoms with Crippen molar-refractivity contribution in [2.24, 2.45) is 0 Å². The van der Waals surface area contributed by atoms with E-state index in [2.05, 4.69) is 5.32 Å². The van der Waals surface area contributed by atoms with E-state index in [4.69, 9.17) is 9.47 Å². The first-order valence-corrected chi connectivity index (χ1v) is 9.53. The summed E-state index contributed by atoms with van der Waals surface area (Å²) in [6.07, 6.45) is -3.72. The van der Waals surface area contributed by atoms with Gasteiger partial charge in [0.15, 0.2) is 6.61 Å². The van der Waals surface area contributed by atoms with Crippen molar-refractivity contribution in [1.82, 2.24) is 15.1 Å². The molecule has 3 amide bonds. The average Bonchev–Trinajstić information content (AvgIpc) is 2.65. The summed E-state index contributed by atoms with van der Waals surface area (Å²) in [4.78, 5) is 27.7. The van der Waals surface area contributed by atoms with Gasteiger partial charge in [-0.1, -0.05) is 12.1 Å². The maximum Gasteiger partial charge on any atom is 0.422 e. The molecule has 3 aliphatic rings. The molecule has 0 aromatic heterocycles. The second-order valence-corrected chi connectivity index (χ2v) is 7.62. The second kappa shape index (κ2) is 7.74. The van der Waals surface area contributed by atoms with Crippen LogP contribution in [0.3, 0.4) is 0 Å². The number of fused-ring (bicyclic) bond motifs is 1. The normalized spacial score (nSPS) is 25.1. The van der Waals surface area contributed by atoms with Crippen molar-refractivity contribution in [3.63, 3.8) is 0 Å². The fourth-order valence-corrected chi connectivity index (χ4v) is 3.92. The van der Waals surface area contributed by atoms with Gasteiger partial charge >= 0.3 is 12.2 Å². The van der Waals surface area contributed by atoms with E-state index in [0.29, 0.717) is 32.6 Å². The van der Waals surface area contributed by atoms with Crippen molar-refractivity contribution in [2.45, 2.75) is 30.7 Å². The van der Waals surface area contributed by atoms with Crippen molar-refractivity contribution < 1.29 is 32.2 Å². The number of piperidine rings is 1. The Hall–Kier alpha value is -2.49. The summed E-state index contributed by atoms with van der Waals surface area (Å²) in [5.74, 6) is 0.149. The zero-order chi connectivity index (χ0) is 20.6. The molecule has 3 saturated heterocycles. The molecule has 0 bridgehead atoms. The highest BCUT2D eigenvalue weighted by molar-refractivity contribution is 5.79. The van der Waals surface area contributed by atoms with Gasteiger partial charge in [0, 0.05) is 32.1 Å². The fraction of sp³-hybridized carbons (Fsp3) is 0.579. The summed E-state index contributed by atoms with van der Waals surface area (Å²) in [6, 6.07) is 6.27. The Bertz CT molecular complexity index is 765. The van der Waals surface area contributed by atoms with Crippen LogP contribution in [0.2, 0.25) is 0 Å². The van der Waals surface area contributed by atoms with Gasteiger partial charge in [0.1, 0.15) is 12.4 Å². The summed E-state index contributed by atoms with van der Waals surface area (Å²) in [5, 5.41) is 2.88. The first kappa shape index (κ1) is 19.8. The fourth-order valence-electron chi connectivity index (χ4n) is 3.92. The molecule has 0 aliphatic carbocycles. The van der Waals surface area contributed by atoms with Crippen molar-refractivity contribution in [3.8, 4) is 5.75 Å². The molecule has 3 aliphatic heterocycles. The maximum atomic E-state index is 12.7. The number of likely N-dealkylation sites (tertiary alicyclic amines) is 2. The average molecular weight is 413 g/mol. The number of halogens is 3. The van der Waals surface area contributed by atoms with Gasteiger partial charge in [-0.3, -0.25) is 4.79 Å². The predicted octanol–water partition coefficient (Wildman–Crippen LogP) is 1.74. The molecule has 2 atom stereocenters. The molecule has 0 saturated carbocycles. The molecule has 1 aromatic rings. The molecule has 0 spiro atoms. The number of amides is 3. The maximum absolute atomic E-state index is 12.7. The van der Waals surface area contributed by atoms with Gasteiger partial charge in [0.25, 0.3) is 0 Å². The van der Waals surface area contributed by atoms with E-state index in [1.165, 1.54) is 12.1 Å². The predicted molar refractivity (Wildman–Crippen MR) is 95.6 cm³/mol. The van der Waals surface area contributed by atoms with Crippen molar-refractivity contribution in [3.05, 3.63) is 29.8 Å². The van der Waals surface area contributed by atoms with E-state index < -0.39 is 12.8 Å². The molecule has 1 N–H and O–H groups in total. The van der Waals surface area contributed by atoms with Gasteiger partial charge in [-0.05, 0) is 24.1 Å². The Balaban J connectivity index is 1.26. The van der Waals surface area contributed by atoms with E-state index in [9.17, 15) is 22.8 Å². The molecule has 158 valence electrons. The standard InChI is InChI=1S/C19H22F3N3O4/c20-19(21,22)11-29-14-3-1-12(2-4-14)13-7-25(8-13)18(27)24-6-5-16-15(9-24)23-17(26)10-28-16/h1-4,13,15-16H,5-11H2,(H,23,26)/t15-,16?/m1/s1. The van der Waals surface area contributed by atoms with E-state index >= 15 is 0 Å². The lowest BCUT2D eigenvalue weighted by molar-refractivity contribution is -0.153. The molecule has 1 unspecified atom stereocenters. The summed E-state index contributed by atoms with van der Waals surface area (Å²) < 4.78 is 46.8. The number of benzene rings is 1. The number of nitrogens with zero attached hydrogens (tertiary/aromatic N) is 2. The lowest BCUT2D eigenvalue weighted by atomic mass is 9.91.